The summed E-state index contributed by atoms with van der Waals surface area (Å²) < 4.78 is 0. The predicted molar refractivity (Wildman–Crippen MR) is 168 cm³/mol. The Labute approximate surface area is 244 Å². The van der Waals surface area contributed by atoms with Gasteiger partial charge in [-0.1, -0.05) is 115 Å². The van der Waals surface area contributed by atoms with Crippen molar-refractivity contribution in [2.75, 3.05) is 4.90 Å². The van der Waals surface area contributed by atoms with Crippen LogP contribution < -0.4 is 4.90 Å². The van der Waals surface area contributed by atoms with Crippen molar-refractivity contribution in [3.63, 3.8) is 0 Å². The van der Waals surface area contributed by atoms with E-state index in [2.05, 4.69) is 55.5 Å². The zero-order chi connectivity index (χ0) is 27.4. The Bertz CT molecular complexity index is 1070. The van der Waals surface area contributed by atoms with Crippen molar-refractivity contribution >= 4 is 46.4 Å². The minimum atomic E-state index is 0.0278. The fourth-order valence-electron chi connectivity index (χ4n) is 3.85. The number of amides is 1. The lowest BCUT2D eigenvalue weighted by Gasteiger charge is -2.24. The smallest absolute Gasteiger partial charge is 0.227 e. The second-order valence-corrected chi connectivity index (χ2v) is 10.5. The lowest BCUT2D eigenvalue weighted by atomic mass is 10.1. The van der Waals surface area contributed by atoms with Gasteiger partial charge in [0, 0.05) is 16.5 Å². The first-order valence-electron chi connectivity index (χ1n) is 13.6. The van der Waals surface area contributed by atoms with E-state index in [4.69, 9.17) is 34.8 Å². The molecule has 0 aliphatic rings. The van der Waals surface area contributed by atoms with Gasteiger partial charge in [0.1, 0.15) is 0 Å². The molecule has 0 N–H and O–H groups in total. The molecule has 0 bridgehead atoms. The van der Waals surface area contributed by atoms with Crippen LogP contribution >= 0.6 is 34.8 Å². The van der Waals surface area contributed by atoms with Gasteiger partial charge in [-0.3, -0.25) is 4.79 Å². The molecule has 0 radical (unpaired) electrons. The van der Waals surface area contributed by atoms with Crippen LogP contribution in [0.25, 0.3) is 0 Å². The third-order valence-electron chi connectivity index (χ3n) is 5.97. The van der Waals surface area contributed by atoms with Crippen molar-refractivity contribution in [3.8, 4) is 0 Å². The monoisotopic (exact) mass is 571 g/mol. The van der Waals surface area contributed by atoms with Gasteiger partial charge in [-0.15, -0.1) is 0 Å². The van der Waals surface area contributed by atoms with Gasteiger partial charge in [-0.25, -0.2) is 0 Å². The molecule has 1 amide bonds. The van der Waals surface area contributed by atoms with Crippen molar-refractivity contribution in [2.24, 2.45) is 0 Å². The summed E-state index contributed by atoms with van der Waals surface area (Å²) in [6.45, 7) is 2.65. The predicted octanol–water partition coefficient (Wildman–Crippen LogP) is 11.3. The normalized spacial score (nSPS) is 12.0. The van der Waals surface area contributed by atoms with Crippen molar-refractivity contribution in [2.45, 2.75) is 77.7 Å². The van der Waals surface area contributed by atoms with Crippen LogP contribution in [0.15, 0.2) is 91.1 Å². The first-order chi connectivity index (χ1) is 18.5. The fourth-order valence-corrected chi connectivity index (χ4v) is 4.48. The van der Waals surface area contributed by atoms with Crippen molar-refractivity contribution in [1.82, 2.24) is 0 Å². The molecule has 0 aromatic heterocycles. The Balaban J connectivity index is 1.73. The van der Waals surface area contributed by atoms with Gasteiger partial charge < -0.3 is 4.90 Å². The highest BCUT2D eigenvalue weighted by Crippen LogP contribution is 2.31. The number of hydrogen-bond acceptors (Lipinski definition) is 1. The molecule has 2 rings (SSSR count). The molecule has 2 nitrogen and oxygen atoms in total. The van der Waals surface area contributed by atoms with E-state index in [1.807, 2.05) is 24.3 Å². The minimum Gasteiger partial charge on any atom is -0.306 e. The van der Waals surface area contributed by atoms with Crippen LogP contribution in [0.1, 0.15) is 76.7 Å². The summed E-state index contributed by atoms with van der Waals surface area (Å²) in [4.78, 5) is 14.9. The van der Waals surface area contributed by atoms with Crippen LogP contribution in [-0.2, 0) is 11.3 Å². The molecule has 0 saturated heterocycles. The molecule has 0 fully saturated rings. The highest BCUT2D eigenvalue weighted by molar-refractivity contribution is 6.36. The number of hydrogen-bond donors (Lipinski definition) is 0. The third-order valence-corrected chi connectivity index (χ3v) is 6.76. The molecule has 5 heteroatoms. The second kappa shape index (κ2) is 19.8. The average molecular weight is 573 g/mol. The van der Waals surface area contributed by atoms with Crippen LogP contribution in [0.3, 0.4) is 0 Å². The van der Waals surface area contributed by atoms with Crippen molar-refractivity contribution in [3.05, 3.63) is 112 Å². The molecule has 2 aromatic carbocycles. The summed E-state index contributed by atoms with van der Waals surface area (Å²) >= 11 is 18.5. The maximum absolute atomic E-state index is 13.2. The summed E-state index contributed by atoms with van der Waals surface area (Å²) in [5.41, 5.74) is 1.64. The Morgan fingerprint density at radius 3 is 1.84 bits per heavy atom. The Morgan fingerprint density at radius 1 is 0.711 bits per heavy atom. The maximum Gasteiger partial charge on any atom is 0.227 e. The highest BCUT2D eigenvalue weighted by Gasteiger charge is 2.18. The van der Waals surface area contributed by atoms with E-state index in [1.165, 1.54) is 25.7 Å². The number of carbonyl (C=O) groups excluding carboxylic acids is 1. The Kier molecular flexibility index (Phi) is 16.6. The molecule has 0 heterocycles. The lowest BCUT2D eigenvalue weighted by Crippen LogP contribution is -2.30. The highest BCUT2D eigenvalue weighted by atomic mass is 35.5. The molecular weight excluding hydrogens is 533 g/mol. The number of unbranched alkanes of at least 4 members (excludes halogenated alkanes) is 4. The average Bonchev–Trinajstić information content (AvgIpc) is 2.90. The molecule has 0 saturated carbocycles. The molecule has 204 valence electrons. The summed E-state index contributed by atoms with van der Waals surface area (Å²) in [7, 11) is 0. The topological polar surface area (TPSA) is 20.3 Å². The molecule has 0 aliphatic carbocycles. The van der Waals surface area contributed by atoms with Crippen LogP contribution in [0.2, 0.25) is 15.1 Å². The van der Waals surface area contributed by atoms with Crippen LogP contribution in [0.4, 0.5) is 5.69 Å². The van der Waals surface area contributed by atoms with Gasteiger partial charge in [0.05, 0.1) is 17.3 Å². The first kappa shape index (κ1) is 32.0. The molecule has 0 atom stereocenters. The van der Waals surface area contributed by atoms with Crippen LogP contribution in [0.5, 0.6) is 0 Å². The first-order valence-corrected chi connectivity index (χ1v) is 14.7. The quantitative estimate of drug-likeness (QED) is 0.136. The third kappa shape index (κ3) is 13.5. The van der Waals surface area contributed by atoms with Gasteiger partial charge in [-0.2, -0.15) is 0 Å². The van der Waals surface area contributed by atoms with Gasteiger partial charge in [0.15, 0.2) is 0 Å². The Hall–Kier alpha value is -2.26. The maximum atomic E-state index is 13.2. The summed E-state index contributed by atoms with van der Waals surface area (Å²) in [6, 6.07) is 12.7. The van der Waals surface area contributed by atoms with E-state index in [0.717, 1.165) is 37.7 Å². The number of rotatable bonds is 17. The number of halogens is 3. The van der Waals surface area contributed by atoms with Crippen LogP contribution in [-0.4, -0.2) is 5.91 Å². The summed E-state index contributed by atoms with van der Waals surface area (Å²) in [5, 5.41) is 1.66. The molecule has 2 aromatic rings. The van der Waals surface area contributed by atoms with Crippen LogP contribution in [0, 0.1) is 0 Å². The fraction of sp³-hybridized carbons (Fsp3) is 0.364. The zero-order valence-corrected chi connectivity index (χ0v) is 24.7. The van der Waals surface area contributed by atoms with Gasteiger partial charge in [0.25, 0.3) is 0 Å². The minimum absolute atomic E-state index is 0.0278. The molecular formula is C33H40Cl3NO. The molecule has 38 heavy (non-hydrogen) atoms. The van der Waals surface area contributed by atoms with Gasteiger partial charge in [-0.05, 0) is 80.8 Å². The molecule has 0 aliphatic heterocycles. The number of benzene rings is 2. The zero-order valence-electron chi connectivity index (χ0n) is 22.4. The lowest BCUT2D eigenvalue weighted by molar-refractivity contribution is -0.118. The summed E-state index contributed by atoms with van der Waals surface area (Å²) in [6.07, 6.45) is 27.7. The molecule has 0 unspecified atom stereocenters. The van der Waals surface area contributed by atoms with E-state index >= 15 is 0 Å². The molecule has 0 spiro atoms. The van der Waals surface area contributed by atoms with Crippen molar-refractivity contribution in [1.29, 1.82) is 0 Å². The second-order valence-electron chi connectivity index (χ2n) is 9.18. The number of allylic oxidation sites excluding steroid dienone is 8. The standard InChI is InChI=1S/C33H40Cl3NO/c1-2-3-4-5-6-7-8-9-10-11-12-13-14-15-16-17-18-19-33(38)37(27-28-20-22-29(34)23-21-28)32-25-24-30(35)26-31(32)36/h6-7,9-10,12-13,15-16,20-26H,2-5,8,11,14,17-19,27H2,1H3. The number of carbonyl (C=O) groups is 1. The van der Waals surface area contributed by atoms with E-state index in [0.29, 0.717) is 33.7 Å². The van der Waals surface area contributed by atoms with E-state index in [9.17, 15) is 4.79 Å². The van der Waals surface area contributed by atoms with Crippen molar-refractivity contribution < 1.29 is 4.79 Å². The SMILES string of the molecule is CCCCCC=CCC=CCC=CCC=CCCCC(=O)N(Cc1ccc(Cl)cc1)c1ccc(Cl)cc1Cl. The van der Waals surface area contributed by atoms with E-state index < -0.39 is 0 Å². The largest absolute Gasteiger partial charge is 0.306 e. The summed E-state index contributed by atoms with van der Waals surface area (Å²) in [5.74, 6) is 0.0278. The van der Waals surface area contributed by atoms with Gasteiger partial charge >= 0.3 is 0 Å². The number of anilines is 1. The number of nitrogens with zero attached hydrogens (tertiary/aromatic N) is 1. The van der Waals surface area contributed by atoms with E-state index in [-0.39, 0.29) is 5.91 Å². The van der Waals surface area contributed by atoms with Gasteiger partial charge in [0.2, 0.25) is 5.91 Å². The van der Waals surface area contributed by atoms with E-state index in [1.54, 1.807) is 23.1 Å². The Morgan fingerprint density at radius 2 is 1.26 bits per heavy atom.